The van der Waals surface area contributed by atoms with E-state index in [0.717, 1.165) is 5.69 Å². The summed E-state index contributed by atoms with van der Waals surface area (Å²) in [6.07, 6.45) is 1.23. The Morgan fingerprint density at radius 1 is 1.45 bits per heavy atom. The Kier molecular flexibility index (Phi) is 4.45. The van der Waals surface area contributed by atoms with Gasteiger partial charge in [0, 0.05) is 53.3 Å². The fourth-order valence-electron chi connectivity index (χ4n) is 2.96. The molecule has 0 aliphatic carbocycles. The van der Waals surface area contributed by atoms with Gasteiger partial charge in [-0.3, -0.25) is 0 Å². The van der Waals surface area contributed by atoms with E-state index >= 15 is 0 Å². The maximum absolute atomic E-state index is 12.1. The van der Waals surface area contributed by atoms with Crippen molar-refractivity contribution in [1.82, 2.24) is 4.31 Å². The lowest BCUT2D eigenvalue weighted by Gasteiger charge is -2.48. The maximum Gasteiger partial charge on any atom is 0.0857 e. The molecule has 1 aromatic rings. The molecule has 0 saturated carbocycles. The minimum atomic E-state index is -2.76. The van der Waals surface area contributed by atoms with Gasteiger partial charge in [-0.2, -0.15) is 0 Å². The van der Waals surface area contributed by atoms with Crippen molar-refractivity contribution < 1.29 is 4.21 Å². The average Bonchev–Trinajstić information content (AvgIpc) is 2.34. The summed E-state index contributed by atoms with van der Waals surface area (Å²) >= 11 is 6.10. The summed E-state index contributed by atoms with van der Waals surface area (Å²) in [6.45, 7) is 5.63. The van der Waals surface area contributed by atoms with Gasteiger partial charge in [0.05, 0.1) is 9.89 Å². The molecule has 0 aromatic heterocycles. The summed E-state index contributed by atoms with van der Waals surface area (Å²) in [5, 5.41) is 13.8. The lowest BCUT2D eigenvalue weighted by atomic mass is 10.00. The first-order valence-corrected chi connectivity index (χ1v) is 8.96. The largest absolute Gasteiger partial charge is 0.398 e. The third-order valence-corrected chi connectivity index (χ3v) is 5.48. The molecule has 6 nitrogen and oxygen atoms in total. The average molecular weight is 344 g/mol. The van der Waals surface area contributed by atoms with Crippen molar-refractivity contribution in [3.63, 3.8) is 0 Å². The first kappa shape index (κ1) is 17.1. The molecule has 2 rings (SSSR count). The Morgan fingerprint density at radius 3 is 2.59 bits per heavy atom. The zero-order chi connectivity index (χ0) is 16.7. The van der Waals surface area contributed by atoms with Gasteiger partial charge >= 0.3 is 0 Å². The van der Waals surface area contributed by atoms with E-state index in [4.69, 9.17) is 27.9 Å². The van der Waals surface area contributed by atoms with E-state index in [2.05, 4.69) is 10.8 Å². The van der Waals surface area contributed by atoms with E-state index in [-0.39, 0.29) is 0 Å². The minimum Gasteiger partial charge on any atom is -0.398 e. The van der Waals surface area contributed by atoms with E-state index in [0.29, 0.717) is 35.9 Å². The van der Waals surface area contributed by atoms with Crippen LogP contribution in [0, 0.1) is 5.41 Å². The molecule has 1 saturated heterocycles. The number of hydrogen-bond acceptors (Lipinski definition) is 4. The highest BCUT2D eigenvalue weighted by Gasteiger charge is 2.37. The van der Waals surface area contributed by atoms with Crippen molar-refractivity contribution in [3.05, 3.63) is 22.7 Å². The van der Waals surface area contributed by atoms with Gasteiger partial charge in [-0.05, 0) is 31.9 Å². The van der Waals surface area contributed by atoms with Crippen LogP contribution in [0.2, 0.25) is 5.02 Å². The number of nitrogen functional groups attached to an aromatic ring is 1. The fourth-order valence-corrected chi connectivity index (χ4v) is 4.47. The Morgan fingerprint density at radius 2 is 2.09 bits per heavy atom. The van der Waals surface area contributed by atoms with Gasteiger partial charge in [-0.15, -0.1) is 0 Å². The highest BCUT2D eigenvalue weighted by molar-refractivity contribution is 7.96. The van der Waals surface area contributed by atoms with E-state index in [1.54, 1.807) is 16.4 Å². The van der Waals surface area contributed by atoms with E-state index in [1.807, 2.05) is 13.8 Å². The molecular formula is C14H22ClN5OS. The number of hydrogen-bond donors (Lipinski definition) is 3. The number of benzene rings is 1. The van der Waals surface area contributed by atoms with Crippen molar-refractivity contribution in [1.29, 1.82) is 5.41 Å². The standard InChI is InChI=1S/C14H22ClN5OS/c1-14(2)9-19(4-5-20(14)22(3,18)21)13-7-10(15)6-12(17)11(13)8-16/h6-8,16H,3-5,9,17H2,1-2H3,(H2,18,21). The topological polar surface area (TPSA) is 99.4 Å². The van der Waals surface area contributed by atoms with Gasteiger partial charge in [0.15, 0.2) is 0 Å². The lowest BCUT2D eigenvalue weighted by Crippen LogP contribution is -2.62. The smallest absolute Gasteiger partial charge is 0.0857 e. The van der Waals surface area contributed by atoms with E-state index in [9.17, 15) is 4.21 Å². The molecule has 0 amide bonds. The molecule has 8 heteroatoms. The molecule has 0 radical (unpaired) electrons. The monoisotopic (exact) mass is 343 g/mol. The van der Waals surface area contributed by atoms with E-state index < -0.39 is 15.4 Å². The number of anilines is 2. The van der Waals surface area contributed by atoms with Gasteiger partial charge in [0.2, 0.25) is 0 Å². The second-order valence-electron chi connectivity index (χ2n) is 6.10. The summed E-state index contributed by atoms with van der Waals surface area (Å²) in [7, 11) is -2.76. The molecular weight excluding hydrogens is 322 g/mol. The predicted octanol–water partition coefficient (Wildman–Crippen LogP) is 1.33. The van der Waals surface area contributed by atoms with Crippen LogP contribution in [0.25, 0.3) is 0 Å². The second kappa shape index (κ2) is 5.73. The van der Waals surface area contributed by atoms with Crippen molar-refractivity contribution >= 4 is 45.0 Å². The zero-order valence-electron chi connectivity index (χ0n) is 12.8. The van der Waals surface area contributed by atoms with Crippen molar-refractivity contribution in [3.8, 4) is 0 Å². The van der Waals surface area contributed by atoms with Crippen LogP contribution in [0.1, 0.15) is 19.4 Å². The molecule has 1 unspecified atom stereocenters. The Balaban J connectivity index is 2.40. The Bertz CT molecular complexity index is 701. The third-order valence-electron chi connectivity index (χ3n) is 3.84. The van der Waals surface area contributed by atoms with Crippen LogP contribution in [-0.4, -0.2) is 45.8 Å². The quantitative estimate of drug-likeness (QED) is 0.438. The van der Waals surface area contributed by atoms with Gasteiger partial charge in [0.1, 0.15) is 0 Å². The summed E-state index contributed by atoms with van der Waals surface area (Å²) in [5.41, 5.74) is 7.44. The predicted molar refractivity (Wildman–Crippen MR) is 96.2 cm³/mol. The number of rotatable bonds is 3. The van der Waals surface area contributed by atoms with E-state index in [1.165, 1.54) is 6.21 Å². The Hall–Kier alpha value is -1.28. The summed E-state index contributed by atoms with van der Waals surface area (Å²) in [6, 6.07) is 3.43. The Labute approximate surface area is 136 Å². The van der Waals surface area contributed by atoms with Crippen LogP contribution in [-0.2, 0) is 9.89 Å². The lowest BCUT2D eigenvalue weighted by molar-refractivity contribution is 0.214. The van der Waals surface area contributed by atoms with Crippen LogP contribution in [0.3, 0.4) is 0 Å². The molecule has 0 bridgehead atoms. The van der Waals surface area contributed by atoms with Crippen molar-refractivity contribution in [2.45, 2.75) is 19.4 Å². The third kappa shape index (κ3) is 3.22. The molecule has 22 heavy (non-hydrogen) atoms. The number of nitrogens with one attached hydrogen (secondary N) is 1. The number of nitrogens with two attached hydrogens (primary N) is 2. The summed E-state index contributed by atoms with van der Waals surface area (Å²) in [5.74, 6) is 3.59. The highest BCUT2D eigenvalue weighted by Crippen LogP contribution is 2.33. The van der Waals surface area contributed by atoms with Gasteiger partial charge in [-0.1, -0.05) is 11.6 Å². The molecule has 1 atom stereocenters. The van der Waals surface area contributed by atoms with Crippen LogP contribution >= 0.6 is 11.6 Å². The maximum atomic E-state index is 12.1. The molecule has 1 fully saturated rings. The molecule has 0 spiro atoms. The molecule has 5 N–H and O–H groups in total. The highest BCUT2D eigenvalue weighted by atomic mass is 35.5. The van der Waals surface area contributed by atoms with Gasteiger partial charge in [-0.25, -0.2) is 13.7 Å². The minimum absolute atomic E-state index is 0.428. The van der Waals surface area contributed by atoms with Crippen molar-refractivity contribution in [2.75, 3.05) is 30.3 Å². The van der Waals surface area contributed by atoms with Gasteiger partial charge in [0.25, 0.3) is 0 Å². The van der Waals surface area contributed by atoms with Crippen LogP contribution in [0.4, 0.5) is 11.4 Å². The number of nitrogens with zero attached hydrogens (tertiary/aromatic N) is 2. The summed E-state index contributed by atoms with van der Waals surface area (Å²) < 4.78 is 13.9. The SMILES string of the molecule is C=S(N)(=O)N1CCN(c2cc(Cl)cc(N)c2C=N)CC1(C)C. The first-order chi connectivity index (χ1) is 10.1. The molecule has 1 aliphatic heterocycles. The summed E-state index contributed by atoms with van der Waals surface area (Å²) in [4.78, 5) is 2.09. The van der Waals surface area contributed by atoms with Crippen LogP contribution in [0.5, 0.6) is 0 Å². The van der Waals surface area contributed by atoms with Crippen LogP contribution < -0.4 is 15.8 Å². The molecule has 1 aliphatic rings. The number of piperazine rings is 1. The normalized spacial score (nSPS) is 21.4. The first-order valence-electron chi connectivity index (χ1n) is 6.83. The van der Waals surface area contributed by atoms with Gasteiger partial charge < -0.3 is 16.0 Å². The molecule has 1 aromatic carbocycles. The zero-order valence-corrected chi connectivity index (χ0v) is 14.4. The fraction of sp³-hybridized carbons (Fsp3) is 0.429. The van der Waals surface area contributed by atoms with Crippen LogP contribution in [0.15, 0.2) is 12.1 Å². The molecule has 122 valence electrons. The molecule has 1 heterocycles. The van der Waals surface area contributed by atoms with Crippen molar-refractivity contribution in [2.24, 2.45) is 5.14 Å². The second-order valence-corrected chi connectivity index (χ2v) is 8.35. The number of halogens is 1.